The summed E-state index contributed by atoms with van der Waals surface area (Å²) in [4.78, 5) is 12.8. The Balaban J connectivity index is 1.68. The van der Waals surface area contributed by atoms with Crippen molar-refractivity contribution in [3.05, 3.63) is 88.2 Å². The van der Waals surface area contributed by atoms with Gasteiger partial charge in [0.25, 0.3) is 15.9 Å². The summed E-state index contributed by atoms with van der Waals surface area (Å²) in [5.74, 6) is -1.43. The van der Waals surface area contributed by atoms with E-state index in [0.29, 0.717) is 24.3 Å². The summed E-state index contributed by atoms with van der Waals surface area (Å²) in [6, 6.07) is 15.8. The lowest BCUT2D eigenvalue weighted by atomic mass is 10.0. The average molecular weight is 459 g/mol. The molecule has 0 spiro atoms. The lowest BCUT2D eigenvalue weighted by molar-refractivity contribution is 0.102. The first-order valence-corrected chi connectivity index (χ1v) is 11.6. The van der Waals surface area contributed by atoms with Crippen molar-refractivity contribution < 1.29 is 17.6 Å². The molecular formula is C23H20ClFN2O3S. The summed E-state index contributed by atoms with van der Waals surface area (Å²) in [7, 11) is -3.76. The van der Waals surface area contributed by atoms with Crippen molar-refractivity contribution >= 4 is 38.9 Å². The van der Waals surface area contributed by atoms with E-state index >= 15 is 0 Å². The largest absolute Gasteiger partial charge is 0.322 e. The maximum absolute atomic E-state index is 14.1. The first kappa shape index (κ1) is 21.3. The quantitative estimate of drug-likeness (QED) is 0.585. The number of benzene rings is 3. The zero-order valence-corrected chi connectivity index (χ0v) is 18.3. The van der Waals surface area contributed by atoms with Gasteiger partial charge in [-0.1, -0.05) is 41.4 Å². The first-order valence-electron chi connectivity index (χ1n) is 9.75. The molecule has 5 nitrogen and oxygen atoms in total. The van der Waals surface area contributed by atoms with Crippen LogP contribution >= 0.6 is 11.6 Å². The van der Waals surface area contributed by atoms with Crippen LogP contribution in [0, 0.1) is 12.7 Å². The molecule has 0 bridgehead atoms. The summed E-state index contributed by atoms with van der Waals surface area (Å²) < 4.78 is 42.0. The predicted octanol–water partition coefficient (Wildman–Crippen LogP) is 5.18. The average Bonchev–Trinajstić information content (AvgIpc) is 2.73. The zero-order valence-electron chi connectivity index (χ0n) is 16.7. The fraction of sp³-hybridized carbons (Fsp3) is 0.174. The molecule has 160 valence electrons. The number of carbonyl (C=O) groups excluding carboxylic acids is 1. The minimum absolute atomic E-state index is 0.000893. The maximum atomic E-state index is 14.1. The van der Waals surface area contributed by atoms with Gasteiger partial charge in [0.05, 0.1) is 21.2 Å². The van der Waals surface area contributed by atoms with Crippen LogP contribution in [0.15, 0.2) is 65.6 Å². The second-order valence-electron chi connectivity index (χ2n) is 7.39. The normalized spacial score (nSPS) is 13.6. The second kappa shape index (κ2) is 8.32. The van der Waals surface area contributed by atoms with Crippen LogP contribution in [-0.4, -0.2) is 20.9 Å². The van der Waals surface area contributed by atoms with Crippen LogP contribution < -0.4 is 9.62 Å². The Labute approximate surface area is 185 Å². The second-order valence-corrected chi connectivity index (χ2v) is 9.66. The highest BCUT2D eigenvalue weighted by Crippen LogP contribution is 2.34. The molecule has 0 radical (unpaired) electrons. The molecule has 1 amide bonds. The molecule has 3 aromatic rings. The van der Waals surface area contributed by atoms with Crippen LogP contribution in [0.1, 0.15) is 27.9 Å². The topological polar surface area (TPSA) is 66.5 Å². The molecular weight excluding hydrogens is 439 g/mol. The zero-order chi connectivity index (χ0) is 22.2. The molecule has 0 aromatic heterocycles. The molecule has 0 aliphatic carbocycles. The number of fused-ring (bicyclic) bond motifs is 1. The van der Waals surface area contributed by atoms with Crippen molar-refractivity contribution in [2.24, 2.45) is 0 Å². The van der Waals surface area contributed by atoms with Gasteiger partial charge in [-0.3, -0.25) is 9.10 Å². The molecule has 4 rings (SSSR count). The molecule has 0 fully saturated rings. The van der Waals surface area contributed by atoms with Crippen molar-refractivity contribution in [3.8, 4) is 0 Å². The predicted molar refractivity (Wildman–Crippen MR) is 120 cm³/mol. The fourth-order valence-electron chi connectivity index (χ4n) is 3.61. The lowest BCUT2D eigenvalue weighted by Crippen LogP contribution is -2.35. The number of carbonyl (C=O) groups is 1. The van der Waals surface area contributed by atoms with Crippen molar-refractivity contribution in [3.63, 3.8) is 0 Å². The smallest absolute Gasteiger partial charge is 0.264 e. The van der Waals surface area contributed by atoms with Crippen LogP contribution in [0.3, 0.4) is 0 Å². The summed E-state index contributed by atoms with van der Waals surface area (Å²) in [6.45, 7) is 2.23. The monoisotopic (exact) mass is 458 g/mol. The molecule has 0 atom stereocenters. The molecule has 1 N–H and O–H groups in total. The highest BCUT2D eigenvalue weighted by molar-refractivity contribution is 7.92. The van der Waals surface area contributed by atoms with Crippen molar-refractivity contribution in [1.82, 2.24) is 0 Å². The van der Waals surface area contributed by atoms with Gasteiger partial charge >= 0.3 is 0 Å². The Hall–Kier alpha value is -2.90. The number of amides is 1. The van der Waals surface area contributed by atoms with Crippen LogP contribution in [0.25, 0.3) is 0 Å². The van der Waals surface area contributed by atoms with Gasteiger partial charge in [-0.25, -0.2) is 12.8 Å². The van der Waals surface area contributed by atoms with E-state index in [0.717, 1.165) is 23.6 Å². The third-order valence-electron chi connectivity index (χ3n) is 5.22. The third kappa shape index (κ3) is 4.16. The molecule has 1 aliphatic heterocycles. The number of halogens is 2. The summed E-state index contributed by atoms with van der Waals surface area (Å²) >= 11 is 5.98. The standard InChI is InChI=1S/C23H20ClFN2O3S/c1-15-7-11-18(12-8-15)31(29,30)27-13-3-4-16-9-10-17(14-21(16)27)26-23(28)22-19(24)5-2-6-20(22)25/h2,5-12,14H,3-4,13H2,1H3,(H,26,28). The molecule has 1 heterocycles. The summed E-state index contributed by atoms with van der Waals surface area (Å²) in [5.41, 5.74) is 2.43. The van der Waals surface area contributed by atoms with Gasteiger partial charge < -0.3 is 5.32 Å². The number of aryl methyl sites for hydroxylation is 2. The number of sulfonamides is 1. The minimum atomic E-state index is -3.76. The van der Waals surface area contributed by atoms with E-state index < -0.39 is 21.7 Å². The number of anilines is 2. The van der Waals surface area contributed by atoms with Crippen LogP contribution in [0.5, 0.6) is 0 Å². The Bertz CT molecular complexity index is 1240. The number of rotatable bonds is 4. The van der Waals surface area contributed by atoms with Gasteiger partial charge in [-0.2, -0.15) is 0 Å². The summed E-state index contributed by atoms with van der Waals surface area (Å²) in [6.07, 6.45) is 1.41. The van der Waals surface area contributed by atoms with E-state index in [4.69, 9.17) is 11.6 Å². The Morgan fingerprint density at radius 3 is 2.55 bits per heavy atom. The van der Waals surface area contributed by atoms with Crippen LogP contribution in [0.2, 0.25) is 5.02 Å². The van der Waals surface area contributed by atoms with Gasteiger partial charge in [0.15, 0.2) is 0 Å². The molecule has 0 unspecified atom stereocenters. The Morgan fingerprint density at radius 2 is 1.84 bits per heavy atom. The Kier molecular flexibility index (Phi) is 5.73. The van der Waals surface area contributed by atoms with Gasteiger partial charge in [0.2, 0.25) is 0 Å². The van der Waals surface area contributed by atoms with E-state index in [1.165, 1.54) is 16.4 Å². The van der Waals surface area contributed by atoms with E-state index in [1.807, 2.05) is 6.92 Å². The molecule has 3 aromatic carbocycles. The van der Waals surface area contributed by atoms with Crippen molar-refractivity contribution in [1.29, 1.82) is 0 Å². The highest BCUT2D eigenvalue weighted by atomic mass is 35.5. The maximum Gasteiger partial charge on any atom is 0.264 e. The van der Waals surface area contributed by atoms with Gasteiger partial charge in [-0.15, -0.1) is 0 Å². The van der Waals surface area contributed by atoms with Crippen molar-refractivity contribution in [2.75, 3.05) is 16.2 Å². The third-order valence-corrected chi connectivity index (χ3v) is 7.36. The van der Waals surface area contributed by atoms with E-state index in [-0.39, 0.29) is 15.5 Å². The highest BCUT2D eigenvalue weighted by Gasteiger charge is 2.29. The Morgan fingerprint density at radius 1 is 1.10 bits per heavy atom. The minimum Gasteiger partial charge on any atom is -0.322 e. The van der Waals surface area contributed by atoms with Crippen LogP contribution in [-0.2, 0) is 16.4 Å². The first-order chi connectivity index (χ1) is 14.8. The molecule has 1 aliphatic rings. The van der Waals surface area contributed by atoms with Crippen molar-refractivity contribution in [2.45, 2.75) is 24.7 Å². The van der Waals surface area contributed by atoms with Gasteiger partial charge in [0.1, 0.15) is 5.82 Å². The van der Waals surface area contributed by atoms with Crippen LogP contribution in [0.4, 0.5) is 15.8 Å². The molecule has 8 heteroatoms. The molecule has 0 saturated heterocycles. The number of hydrogen-bond acceptors (Lipinski definition) is 3. The fourth-order valence-corrected chi connectivity index (χ4v) is 5.40. The van der Waals surface area contributed by atoms with Gasteiger partial charge in [0, 0.05) is 12.2 Å². The lowest BCUT2D eigenvalue weighted by Gasteiger charge is -2.31. The number of nitrogens with one attached hydrogen (secondary N) is 1. The summed E-state index contributed by atoms with van der Waals surface area (Å²) in [5, 5.41) is 2.62. The number of nitrogens with zero attached hydrogens (tertiary/aromatic N) is 1. The SMILES string of the molecule is Cc1ccc(S(=O)(=O)N2CCCc3ccc(NC(=O)c4c(F)cccc4Cl)cc32)cc1. The van der Waals surface area contributed by atoms with E-state index in [1.54, 1.807) is 42.5 Å². The van der Waals surface area contributed by atoms with E-state index in [2.05, 4.69) is 5.32 Å². The van der Waals surface area contributed by atoms with E-state index in [9.17, 15) is 17.6 Å². The number of hydrogen-bond donors (Lipinski definition) is 1. The molecule has 0 saturated carbocycles. The van der Waals surface area contributed by atoms with Gasteiger partial charge in [-0.05, 0) is 61.7 Å². The molecule has 31 heavy (non-hydrogen) atoms.